The van der Waals surface area contributed by atoms with Gasteiger partial charge in [0, 0.05) is 17.7 Å². The highest BCUT2D eigenvalue weighted by Crippen LogP contribution is 2.32. The molecule has 0 radical (unpaired) electrons. The molecule has 1 fully saturated rings. The van der Waals surface area contributed by atoms with Gasteiger partial charge in [-0.3, -0.25) is 9.59 Å². The van der Waals surface area contributed by atoms with Gasteiger partial charge in [0.15, 0.2) is 0 Å². The van der Waals surface area contributed by atoms with Gasteiger partial charge in [0.2, 0.25) is 5.89 Å². The SMILES string of the molecule is COc1cccc(C(=O)NCC2CCCCC2)c1NC(=O)c1cccc2ccccc12.COc1cccc2c(=O)oc(-c3cccc4ccccc34)nc12. The number of hydrogen-bond acceptors (Lipinski definition) is 7. The van der Waals surface area contributed by atoms with E-state index in [2.05, 4.69) is 15.6 Å². The molecule has 8 rings (SSSR count). The van der Waals surface area contributed by atoms with Crippen molar-refractivity contribution >= 4 is 49.9 Å². The van der Waals surface area contributed by atoms with Gasteiger partial charge in [-0.25, -0.2) is 9.78 Å². The Morgan fingerprint density at radius 1 is 0.667 bits per heavy atom. The summed E-state index contributed by atoms with van der Waals surface area (Å²) >= 11 is 0. The van der Waals surface area contributed by atoms with E-state index >= 15 is 0 Å². The highest BCUT2D eigenvalue weighted by atomic mass is 16.5. The maximum absolute atomic E-state index is 13.2. The fraction of sp³-hybridized carbons (Fsp3) is 0.200. The molecule has 272 valence electrons. The molecule has 1 aliphatic rings. The number of carbonyl (C=O) groups excluding carboxylic acids is 2. The highest BCUT2D eigenvalue weighted by molar-refractivity contribution is 6.15. The van der Waals surface area contributed by atoms with Crippen LogP contribution in [0.4, 0.5) is 5.69 Å². The summed E-state index contributed by atoms with van der Waals surface area (Å²) in [5, 5.41) is 10.3. The number of benzene rings is 6. The number of para-hydroxylation sites is 2. The molecule has 9 heteroatoms. The molecule has 0 aliphatic heterocycles. The fourth-order valence-electron chi connectivity index (χ4n) is 7.11. The minimum Gasteiger partial charge on any atom is -0.495 e. The summed E-state index contributed by atoms with van der Waals surface area (Å²) in [6.07, 6.45) is 6.05. The third kappa shape index (κ3) is 7.66. The van der Waals surface area contributed by atoms with Crippen LogP contribution in [0.3, 0.4) is 0 Å². The van der Waals surface area contributed by atoms with Gasteiger partial charge in [-0.2, -0.15) is 0 Å². The Labute approximate surface area is 312 Å². The van der Waals surface area contributed by atoms with Crippen molar-refractivity contribution < 1.29 is 23.5 Å². The van der Waals surface area contributed by atoms with Crippen LogP contribution in [0, 0.1) is 5.92 Å². The van der Waals surface area contributed by atoms with Crippen LogP contribution in [0.1, 0.15) is 52.8 Å². The van der Waals surface area contributed by atoms with Crippen molar-refractivity contribution in [3.63, 3.8) is 0 Å². The number of ether oxygens (including phenoxy) is 2. The van der Waals surface area contributed by atoms with E-state index in [-0.39, 0.29) is 11.8 Å². The number of fused-ring (bicyclic) bond motifs is 3. The summed E-state index contributed by atoms with van der Waals surface area (Å²) in [7, 11) is 3.09. The third-order valence-electron chi connectivity index (χ3n) is 9.90. The van der Waals surface area contributed by atoms with Gasteiger partial charge in [-0.15, -0.1) is 0 Å². The number of nitrogens with zero attached hydrogens (tertiary/aromatic N) is 1. The number of methoxy groups -OCH3 is 2. The summed E-state index contributed by atoms with van der Waals surface area (Å²) in [4.78, 5) is 43.0. The maximum atomic E-state index is 13.2. The van der Waals surface area contributed by atoms with Crippen molar-refractivity contribution in [3.8, 4) is 23.0 Å². The summed E-state index contributed by atoms with van der Waals surface area (Å²) in [5.41, 5.74) is 2.23. The lowest BCUT2D eigenvalue weighted by molar-refractivity contribution is 0.0944. The maximum Gasteiger partial charge on any atom is 0.347 e. The van der Waals surface area contributed by atoms with Crippen molar-refractivity contribution in [2.45, 2.75) is 32.1 Å². The van der Waals surface area contributed by atoms with E-state index in [0.29, 0.717) is 57.6 Å². The fourth-order valence-corrected chi connectivity index (χ4v) is 7.11. The average molecular weight is 720 g/mol. The van der Waals surface area contributed by atoms with Crippen LogP contribution in [0.5, 0.6) is 11.5 Å². The molecule has 1 heterocycles. The molecular weight excluding hydrogens is 679 g/mol. The van der Waals surface area contributed by atoms with Crippen LogP contribution in [0.2, 0.25) is 0 Å². The number of hydrogen-bond donors (Lipinski definition) is 2. The zero-order valence-corrected chi connectivity index (χ0v) is 30.3. The van der Waals surface area contributed by atoms with Gasteiger partial charge in [0.25, 0.3) is 11.8 Å². The largest absolute Gasteiger partial charge is 0.495 e. The van der Waals surface area contributed by atoms with Gasteiger partial charge >= 0.3 is 5.63 Å². The quantitative estimate of drug-likeness (QED) is 0.161. The van der Waals surface area contributed by atoms with Gasteiger partial charge < -0.3 is 24.5 Å². The number of carbonyl (C=O) groups is 2. The summed E-state index contributed by atoms with van der Waals surface area (Å²) < 4.78 is 16.2. The van der Waals surface area contributed by atoms with Crippen LogP contribution >= 0.6 is 0 Å². The number of amides is 2. The van der Waals surface area contributed by atoms with Gasteiger partial charge in [-0.1, -0.05) is 104 Å². The standard InChI is InChI=1S/C26H28N2O3.C19H13NO3/c1-31-23-16-8-15-22(25(29)27-17-18-9-3-2-4-10-18)24(23)28-26(30)21-14-7-12-19-11-5-6-13-20(19)21;1-22-16-11-5-10-15-17(16)20-18(23-19(15)21)14-9-4-7-12-6-2-3-8-13(12)14/h5-8,11-16,18H,2-4,9-10,17H2,1H3,(H,27,29)(H,28,30);2-11H,1H3. The Bertz CT molecular complexity index is 2510. The summed E-state index contributed by atoms with van der Waals surface area (Å²) in [6.45, 7) is 0.659. The van der Waals surface area contributed by atoms with E-state index in [1.54, 1.807) is 49.6 Å². The molecule has 9 nitrogen and oxygen atoms in total. The smallest absolute Gasteiger partial charge is 0.347 e. The van der Waals surface area contributed by atoms with E-state index in [0.717, 1.165) is 39.9 Å². The lowest BCUT2D eigenvalue weighted by atomic mass is 9.89. The van der Waals surface area contributed by atoms with Crippen LogP contribution < -0.4 is 25.7 Å². The predicted octanol–water partition coefficient (Wildman–Crippen LogP) is 9.43. The average Bonchev–Trinajstić information content (AvgIpc) is 3.22. The number of aromatic nitrogens is 1. The molecule has 2 amide bonds. The first-order valence-corrected chi connectivity index (χ1v) is 18.2. The molecule has 7 aromatic rings. The Balaban J connectivity index is 0.000000174. The first-order chi connectivity index (χ1) is 26.4. The third-order valence-corrected chi connectivity index (χ3v) is 9.90. The van der Waals surface area contributed by atoms with Crippen LogP contribution in [-0.2, 0) is 0 Å². The topological polar surface area (TPSA) is 120 Å². The molecule has 54 heavy (non-hydrogen) atoms. The minimum absolute atomic E-state index is 0.197. The molecule has 0 atom stereocenters. The van der Waals surface area contributed by atoms with E-state index < -0.39 is 5.63 Å². The van der Waals surface area contributed by atoms with E-state index in [1.165, 1.54) is 26.4 Å². The minimum atomic E-state index is -0.420. The molecule has 1 saturated carbocycles. The molecule has 2 N–H and O–H groups in total. The molecule has 0 unspecified atom stereocenters. The normalized spacial score (nSPS) is 12.9. The lowest BCUT2D eigenvalue weighted by Crippen LogP contribution is -2.31. The van der Waals surface area contributed by atoms with Crippen molar-refractivity contribution in [2.24, 2.45) is 5.92 Å². The molecule has 0 bridgehead atoms. The molecule has 1 aromatic heterocycles. The second-order valence-electron chi connectivity index (χ2n) is 13.3. The van der Waals surface area contributed by atoms with Crippen molar-refractivity contribution in [1.29, 1.82) is 0 Å². The first-order valence-electron chi connectivity index (χ1n) is 18.2. The Kier molecular flexibility index (Phi) is 10.9. The zero-order valence-electron chi connectivity index (χ0n) is 30.3. The lowest BCUT2D eigenvalue weighted by Gasteiger charge is -2.22. The van der Waals surface area contributed by atoms with E-state index in [9.17, 15) is 14.4 Å². The number of rotatable bonds is 8. The molecule has 0 saturated heterocycles. The summed E-state index contributed by atoms with van der Waals surface area (Å²) in [5.74, 6) is 1.36. The van der Waals surface area contributed by atoms with Gasteiger partial charge in [-0.05, 0) is 76.7 Å². The number of nitrogens with one attached hydrogen (secondary N) is 2. The monoisotopic (exact) mass is 719 g/mol. The zero-order chi connectivity index (χ0) is 37.4. The van der Waals surface area contributed by atoms with Crippen LogP contribution in [0.25, 0.3) is 43.9 Å². The van der Waals surface area contributed by atoms with E-state index in [1.807, 2.05) is 78.9 Å². The van der Waals surface area contributed by atoms with Crippen LogP contribution in [0.15, 0.2) is 131 Å². The molecular formula is C45H41N3O6. The second-order valence-corrected chi connectivity index (χ2v) is 13.3. The molecule has 1 aliphatic carbocycles. The van der Waals surface area contributed by atoms with Crippen molar-refractivity contribution in [2.75, 3.05) is 26.1 Å². The van der Waals surface area contributed by atoms with Crippen molar-refractivity contribution in [3.05, 3.63) is 143 Å². The molecule has 6 aromatic carbocycles. The Morgan fingerprint density at radius 2 is 1.26 bits per heavy atom. The van der Waals surface area contributed by atoms with Crippen LogP contribution in [-0.4, -0.2) is 37.6 Å². The van der Waals surface area contributed by atoms with Gasteiger partial charge in [0.05, 0.1) is 30.9 Å². The first kappa shape index (κ1) is 35.9. The van der Waals surface area contributed by atoms with Gasteiger partial charge in [0.1, 0.15) is 17.0 Å². The summed E-state index contributed by atoms with van der Waals surface area (Å²) in [6, 6.07) is 37.6. The Morgan fingerprint density at radius 3 is 2.02 bits per heavy atom. The van der Waals surface area contributed by atoms with E-state index in [4.69, 9.17) is 13.9 Å². The Hall–Kier alpha value is -6.48. The van der Waals surface area contributed by atoms with Crippen molar-refractivity contribution in [1.82, 2.24) is 10.3 Å². The highest BCUT2D eigenvalue weighted by Gasteiger charge is 2.21. The molecule has 0 spiro atoms. The second kappa shape index (κ2) is 16.5. The predicted molar refractivity (Wildman–Crippen MR) is 214 cm³/mol. The number of anilines is 1.